The highest BCUT2D eigenvalue weighted by molar-refractivity contribution is 8.26. The number of aryl methyl sites for hydroxylation is 2. The van der Waals surface area contributed by atoms with E-state index in [9.17, 15) is 14.4 Å². The van der Waals surface area contributed by atoms with Crippen LogP contribution < -0.4 is 10.2 Å². The van der Waals surface area contributed by atoms with Crippen LogP contribution in [0, 0.1) is 13.8 Å². The quantitative estimate of drug-likeness (QED) is 0.382. The average molecular weight is 514 g/mol. The van der Waals surface area contributed by atoms with E-state index in [4.69, 9.17) is 12.2 Å². The molecule has 1 saturated heterocycles. The van der Waals surface area contributed by atoms with Crippen LogP contribution >= 0.6 is 24.0 Å². The van der Waals surface area contributed by atoms with Crippen molar-refractivity contribution in [3.05, 3.63) is 100.0 Å². The van der Waals surface area contributed by atoms with Crippen molar-refractivity contribution in [3.63, 3.8) is 0 Å². The largest absolute Gasteiger partial charge is 0.324 e. The molecule has 1 N–H and O–H groups in total. The number of thiocarbonyl (C=S) groups is 1. The fourth-order valence-electron chi connectivity index (χ4n) is 4.40. The SMILES string of the molecule is Cc1ccc(NC(=O)CN2C(=O)C(=C3SC(=S)N(Cc4ccccc4)C3=O)c3ccccc32)c(C)c1. The van der Waals surface area contributed by atoms with Crippen LogP contribution in [0.3, 0.4) is 0 Å². The lowest BCUT2D eigenvalue weighted by Crippen LogP contribution is -2.35. The van der Waals surface area contributed by atoms with E-state index < -0.39 is 0 Å². The Kier molecular flexibility index (Phi) is 6.47. The first-order valence-electron chi connectivity index (χ1n) is 11.4. The Balaban J connectivity index is 1.43. The summed E-state index contributed by atoms with van der Waals surface area (Å²) in [5.41, 5.74) is 5.21. The van der Waals surface area contributed by atoms with Crippen molar-refractivity contribution < 1.29 is 14.4 Å². The van der Waals surface area contributed by atoms with E-state index in [1.54, 1.807) is 12.1 Å². The van der Waals surface area contributed by atoms with E-state index in [0.29, 0.717) is 32.7 Å². The molecule has 0 unspecified atom stereocenters. The van der Waals surface area contributed by atoms with Gasteiger partial charge in [0.2, 0.25) is 5.91 Å². The van der Waals surface area contributed by atoms with Gasteiger partial charge in [-0.15, -0.1) is 0 Å². The minimum atomic E-state index is -0.382. The van der Waals surface area contributed by atoms with E-state index in [1.807, 2.05) is 74.5 Å². The Labute approximate surface area is 219 Å². The number of benzene rings is 3. The van der Waals surface area contributed by atoms with Crippen LogP contribution in [0.15, 0.2) is 77.7 Å². The van der Waals surface area contributed by atoms with Gasteiger partial charge in [-0.2, -0.15) is 0 Å². The Morgan fingerprint density at radius 2 is 1.64 bits per heavy atom. The summed E-state index contributed by atoms with van der Waals surface area (Å²) in [6, 6.07) is 22.6. The number of para-hydroxylation sites is 1. The molecule has 6 nitrogen and oxygen atoms in total. The van der Waals surface area contributed by atoms with E-state index in [-0.39, 0.29) is 29.8 Å². The first-order chi connectivity index (χ1) is 17.3. The normalized spacial score (nSPS) is 17.1. The first kappa shape index (κ1) is 24.0. The zero-order valence-electron chi connectivity index (χ0n) is 19.8. The molecule has 2 heterocycles. The predicted molar refractivity (Wildman–Crippen MR) is 147 cm³/mol. The molecule has 3 amide bonds. The van der Waals surface area contributed by atoms with Crippen molar-refractivity contribution in [3.8, 4) is 0 Å². The van der Waals surface area contributed by atoms with Crippen molar-refractivity contribution in [1.82, 2.24) is 4.90 Å². The zero-order valence-corrected chi connectivity index (χ0v) is 21.4. The maximum absolute atomic E-state index is 13.6. The molecule has 0 aliphatic carbocycles. The molecule has 0 saturated carbocycles. The van der Waals surface area contributed by atoms with Crippen molar-refractivity contribution in [2.24, 2.45) is 0 Å². The van der Waals surface area contributed by atoms with Crippen molar-refractivity contribution >= 4 is 63.0 Å². The highest BCUT2D eigenvalue weighted by Gasteiger charge is 2.42. The van der Waals surface area contributed by atoms with E-state index in [1.165, 1.54) is 9.80 Å². The van der Waals surface area contributed by atoms with Crippen LogP contribution in [0.2, 0.25) is 0 Å². The van der Waals surface area contributed by atoms with Crippen LogP contribution in [0.25, 0.3) is 5.57 Å². The topological polar surface area (TPSA) is 69.7 Å². The van der Waals surface area contributed by atoms with E-state index >= 15 is 0 Å². The maximum Gasteiger partial charge on any atom is 0.267 e. The lowest BCUT2D eigenvalue weighted by Gasteiger charge is -2.17. The lowest BCUT2D eigenvalue weighted by molar-refractivity contribution is -0.122. The number of nitrogens with one attached hydrogen (secondary N) is 1. The summed E-state index contributed by atoms with van der Waals surface area (Å²) in [7, 11) is 0. The van der Waals surface area contributed by atoms with Crippen molar-refractivity contribution in [2.75, 3.05) is 16.8 Å². The summed E-state index contributed by atoms with van der Waals surface area (Å²) >= 11 is 6.64. The summed E-state index contributed by atoms with van der Waals surface area (Å²) in [5, 5.41) is 2.90. The number of anilines is 2. The summed E-state index contributed by atoms with van der Waals surface area (Å²) in [6.45, 7) is 4.08. The third kappa shape index (κ3) is 4.45. The summed E-state index contributed by atoms with van der Waals surface area (Å²) in [5.74, 6) is -0.997. The molecular formula is C28H23N3O3S2. The lowest BCUT2D eigenvalue weighted by atomic mass is 10.1. The van der Waals surface area contributed by atoms with Crippen LogP contribution in [0.1, 0.15) is 22.3 Å². The number of rotatable bonds is 5. The fourth-order valence-corrected chi connectivity index (χ4v) is 5.72. The number of fused-ring (bicyclic) bond motifs is 1. The molecule has 1 fully saturated rings. The van der Waals surface area contributed by atoms with Gasteiger partial charge in [-0.25, -0.2) is 0 Å². The molecule has 0 spiro atoms. The standard InChI is InChI=1S/C28H23N3O3S2/c1-17-12-13-21(18(2)14-17)29-23(32)16-30-22-11-7-6-10-20(22)24(26(30)33)25-27(34)31(28(35)36-25)15-19-8-4-3-5-9-19/h3-14H,15-16H2,1-2H3,(H,29,32). The highest BCUT2D eigenvalue weighted by atomic mass is 32.2. The van der Waals surface area contributed by atoms with Gasteiger partial charge < -0.3 is 5.32 Å². The monoisotopic (exact) mass is 513 g/mol. The Bertz CT molecular complexity index is 1450. The number of amides is 3. The number of thioether (sulfide) groups is 1. The molecule has 0 aromatic heterocycles. The van der Waals surface area contributed by atoms with Gasteiger partial charge in [0, 0.05) is 11.3 Å². The van der Waals surface area contributed by atoms with Crippen LogP contribution in [-0.4, -0.2) is 33.5 Å². The number of nitrogens with zero attached hydrogens (tertiary/aromatic N) is 2. The smallest absolute Gasteiger partial charge is 0.267 e. The van der Waals surface area contributed by atoms with E-state index in [0.717, 1.165) is 28.5 Å². The molecule has 0 atom stereocenters. The molecule has 3 aromatic rings. The Morgan fingerprint density at radius 3 is 2.39 bits per heavy atom. The third-order valence-electron chi connectivity index (χ3n) is 6.14. The molecule has 180 valence electrons. The third-order valence-corrected chi connectivity index (χ3v) is 7.59. The highest BCUT2D eigenvalue weighted by Crippen LogP contribution is 2.44. The van der Waals surface area contributed by atoms with Gasteiger partial charge in [-0.3, -0.25) is 24.2 Å². The van der Waals surface area contributed by atoms with Gasteiger partial charge in [0.25, 0.3) is 11.8 Å². The second-order valence-corrected chi connectivity index (χ2v) is 10.4. The average Bonchev–Trinajstić information content (AvgIpc) is 3.29. The van der Waals surface area contributed by atoms with Crippen molar-refractivity contribution in [2.45, 2.75) is 20.4 Å². The molecular weight excluding hydrogens is 490 g/mol. The Morgan fingerprint density at radius 1 is 0.917 bits per heavy atom. The molecule has 0 bridgehead atoms. The minimum absolute atomic E-state index is 0.170. The molecule has 5 rings (SSSR count). The van der Waals surface area contributed by atoms with Gasteiger partial charge in [0.1, 0.15) is 10.9 Å². The summed E-state index contributed by atoms with van der Waals surface area (Å²) < 4.78 is 0.405. The molecule has 8 heteroatoms. The van der Waals surface area contributed by atoms with Crippen molar-refractivity contribution in [1.29, 1.82) is 0 Å². The van der Waals surface area contributed by atoms with Gasteiger partial charge in [-0.05, 0) is 37.1 Å². The molecule has 0 radical (unpaired) electrons. The van der Waals surface area contributed by atoms with Gasteiger partial charge in [0.15, 0.2) is 0 Å². The summed E-state index contributed by atoms with van der Waals surface area (Å²) in [6.07, 6.45) is 0. The second kappa shape index (κ2) is 9.72. The van der Waals surface area contributed by atoms with Crippen LogP contribution in [-0.2, 0) is 20.9 Å². The van der Waals surface area contributed by atoms with Crippen LogP contribution in [0.4, 0.5) is 11.4 Å². The number of carbonyl (C=O) groups is 3. The van der Waals surface area contributed by atoms with E-state index in [2.05, 4.69) is 5.32 Å². The number of carbonyl (C=O) groups excluding carboxylic acids is 3. The maximum atomic E-state index is 13.6. The molecule has 2 aliphatic rings. The predicted octanol–water partition coefficient (Wildman–Crippen LogP) is 5.06. The number of hydrogen-bond acceptors (Lipinski definition) is 5. The van der Waals surface area contributed by atoms with Crippen LogP contribution in [0.5, 0.6) is 0 Å². The van der Waals surface area contributed by atoms with Gasteiger partial charge in [-0.1, -0.05) is 90.2 Å². The Hall–Kier alpha value is -3.75. The fraction of sp³-hybridized carbons (Fsp3) is 0.143. The zero-order chi connectivity index (χ0) is 25.4. The minimum Gasteiger partial charge on any atom is -0.324 e. The molecule has 2 aliphatic heterocycles. The summed E-state index contributed by atoms with van der Waals surface area (Å²) in [4.78, 5) is 43.2. The first-order valence-corrected chi connectivity index (χ1v) is 12.7. The molecule has 3 aromatic carbocycles. The number of hydrogen-bond donors (Lipinski definition) is 1. The van der Waals surface area contributed by atoms with Gasteiger partial charge in [0.05, 0.1) is 22.7 Å². The van der Waals surface area contributed by atoms with Gasteiger partial charge >= 0.3 is 0 Å². The second-order valence-electron chi connectivity index (χ2n) is 8.72. The molecule has 36 heavy (non-hydrogen) atoms.